The molecule has 13 heavy (non-hydrogen) atoms. The lowest BCUT2D eigenvalue weighted by atomic mass is 9.77. The predicted octanol–water partition coefficient (Wildman–Crippen LogP) is 2.06. The lowest BCUT2D eigenvalue weighted by molar-refractivity contribution is -0.117. The van der Waals surface area contributed by atoms with Crippen LogP contribution in [0.1, 0.15) is 27.2 Å². The molecule has 1 aliphatic carbocycles. The van der Waals surface area contributed by atoms with E-state index in [4.69, 9.17) is 0 Å². The summed E-state index contributed by atoms with van der Waals surface area (Å²) in [5.74, 6) is 0.0668. The van der Waals surface area contributed by atoms with Gasteiger partial charge in [-0.3, -0.25) is 9.59 Å². The summed E-state index contributed by atoms with van der Waals surface area (Å²) < 4.78 is 0. The summed E-state index contributed by atoms with van der Waals surface area (Å²) in [4.78, 5) is 21.8. The van der Waals surface area contributed by atoms with Gasteiger partial charge in [0, 0.05) is 12.0 Å². The van der Waals surface area contributed by atoms with Gasteiger partial charge in [-0.1, -0.05) is 19.9 Å². The number of carbonyl (C=O) groups is 2. The van der Waals surface area contributed by atoms with Crippen LogP contribution >= 0.6 is 0 Å². The summed E-state index contributed by atoms with van der Waals surface area (Å²) in [6, 6.07) is 0. The number of hydrogen-bond acceptors (Lipinski definition) is 2. The van der Waals surface area contributed by atoms with E-state index in [1.54, 1.807) is 0 Å². The maximum atomic E-state index is 11.5. The van der Waals surface area contributed by atoms with E-state index >= 15 is 0 Å². The smallest absolute Gasteiger partial charge is 0.164 e. The maximum Gasteiger partial charge on any atom is 0.164 e. The fraction of sp³-hybridized carbons (Fsp3) is 0.455. The highest BCUT2D eigenvalue weighted by Gasteiger charge is 2.27. The van der Waals surface area contributed by atoms with Crippen LogP contribution in [0.4, 0.5) is 0 Å². The van der Waals surface area contributed by atoms with Crippen molar-refractivity contribution < 1.29 is 9.59 Å². The Labute approximate surface area is 78.3 Å². The minimum Gasteiger partial charge on any atom is -0.299 e. The van der Waals surface area contributed by atoms with E-state index in [1.165, 1.54) is 6.08 Å². The van der Waals surface area contributed by atoms with Gasteiger partial charge in [0.2, 0.25) is 0 Å². The molecule has 0 bridgehead atoms. The first kappa shape index (κ1) is 9.90. The van der Waals surface area contributed by atoms with Crippen LogP contribution in [-0.2, 0) is 9.59 Å². The van der Waals surface area contributed by atoms with Gasteiger partial charge in [0.1, 0.15) is 6.29 Å². The van der Waals surface area contributed by atoms with Crippen LogP contribution in [0, 0.1) is 5.41 Å². The first-order chi connectivity index (χ1) is 5.96. The molecule has 0 amide bonds. The minimum absolute atomic E-state index is 0.0668. The zero-order chi connectivity index (χ0) is 10.1. The predicted molar refractivity (Wildman–Crippen MR) is 51.3 cm³/mol. The second-order valence-electron chi connectivity index (χ2n) is 4.13. The topological polar surface area (TPSA) is 34.1 Å². The van der Waals surface area contributed by atoms with Crippen molar-refractivity contribution in [2.75, 3.05) is 0 Å². The molecule has 1 aliphatic rings. The normalized spacial score (nSPS) is 24.4. The van der Waals surface area contributed by atoms with Gasteiger partial charge in [-0.15, -0.1) is 0 Å². The van der Waals surface area contributed by atoms with E-state index in [2.05, 4.69) is 0 Å². The highest BCUT2D eigenvalue weighted by molar-refractivity contribution is 6.03. The van der Waals surface area contributed by atoms with Crippen molar-refractivity contribution in [3.63, 3.8) is 0 Å². The number of hydrogen-bond donors (Lipinski definition) is 0. The molecule has 0 saturated heterocycles. The molecule has 70 valence electrons. The largest absolute Gasteiger partial charge is 0.299 e. The number of rotatable bonds is 1. The van der Waals surface area contributed by atoms with Crippen LogP contribution < -0.4 is 0 Å². The number of aldehydes is 1. The molecule has 0 radical (unpaired) electrons. The van der Waals surface area contributed by atoms with Gasteiger partial charge in [-0.25, -0.2) is 0 Å². The van der Waals surface area contributed by atoms with Crippen LogP contribution in [0.2, 0.25) is 0 Å². The van der Waals surface area contributed by atoms with E-state index in [1.807, 2.05) is 26.8 Å². The number of carbonyl (C=O) groups excluding carboxylic acids is 2. The molecular weight excluding hydrogens is 164 g/mol. The molecule has 0 N–H and O–H groups in total. The molecule has 0 atom stereocenters. The fourth-order valence-electron chi connectivity index (χ4n) is 1.74. The summed E-state index contributed by atoms with van der Waals surface area (Å²) in [7, 11) is 0. The summed E-state index contributed by atoms with van der Waals surface area (Å²) in [6.45, 7) is 5.91. The minimum atomic E-state index is -0.0681. The van der Waals surface area contributed by atoms with Gasteiger partial charge < -0.3 is 0 Å². The Hall–Kier alpha value is -1.18. The van der Waals surface area contributed by atoms with Gasteiger partial charge in [0.25, 0.3) is 0 Å². The summed E-state index contributed by atoms with van der Waals surface area (Å²) in [5, 5.41) is 0. The average molecular weight is 178 g/mol. The van der Waals surface area contributed by atoms with E-state index in [0.29, 0.717) is 18.3 Å². The second kappa shape index (κ2) is 3.29. The first-order valence-electron chi connectivity index (χ1n) is 4.35. The van der Waals surface area contributed by atoms with Crippen molar-refractivity contribution in [3.05, 3.63) is 23.3 Å². The highest BCUT2D eigenvalue weighted by Crippen LogP contribution is 2.33. The van der Waals surface area contributed by atoms with Crippen LogP contribution in [-0.4, -0.2) is 12.1 Å². The van der Waals surface area contributed by atoms with E-state index in [-0.39, 0.29) is 11.2 Å². The zero-order valence-corrected chi connectivity index (χ0v) is 8.26. The van der Waals surface area contributed by atoms with Crippen molar-refractivity contribution in [1.82, 2.24) is 0 Å². The molecule has 0 unspecified atom stereocenters. The van der Waals surface area contributed by atoms with Crippen molar-refractivity contribution in [2.24, 2.45) is 5.41 Å². The molecule has 0 aromatic rings. The average Bonchev–Trinajstić information content (AvgIpc) is 1.94. The third-order valence-electron chi connectivity index (χ3n) is 2.18. The van der Waals surface area contributed by atoms with Crippen LogP contribution in [0.3, 0.4) is 0 Å². The molecule has 0 spiro atoms. The zero-order valence-electron chi connectivity index (χ0n) is 8.26. The highest BCUT2D eigenvalue weighted by atomic mass is 16.1. The second-order valence-corrected chi connectivity index (χ2v) is 4.13. The molecule has 2 nitrogen and oxygen atoms in total. The van der Waals surface area contributed by atoms with E-state index < -0.39 is 0 Å². The van der Waals surface area contributed by atoms with Crippen molar-refractivity contribution in [2.45, 2.75) is 27.2 Å². The van der Waals surface area contributed by atoms with Gasteiger partial charge in [-0.05, 0) is 24.0 Å². The Balaban J connectivity index is 3.11. The lowest BCUT2D eigenvalue weighted by Crippen LogP contribution is -2.22. The number of Topliss-reactive ketones (excluding diaryl/α,β-unsaturated/α-hetero) is 1. The summed E-state index contributed by atoms with van der Waals surface area (Å²) in [5.41, 5.74) is 1.41. The number of ketones is 1. The number of allylic oxidation sites excluding steroid dienone is 4. The Morgan fingerprint density at radius 2 is 2.08 bits per heavy atom. The molecule has 0 aliphatic heterocycles. The fourth-order valence-corrected chi connectivity index (χ4v) is 1.74. The molecule has 0 aromatic heterocycles. The van der Waals surface area contributed by atoms with Gasteiger partial charge >= 0.3 is 0 Å². The van der Waals surface area contributed by atoms with E-state index in [0.717, 1.165) is 5.57 Å². The van der Waals surface area contributed by atoms with E-state index in [9.17, 15) is 9.59 Å². The third-order valence-corrected chi connectivity index (χ3v) is 2.18. The SMILES string of the molecule is CC1=CC(C)(C)CC(=O)/C1=C/C=O. The molecule has 0 aromatic carbocycles. The van der Waals surface area contributed by atoms with Crippen LogP contribution in [0.15, 0.2) is 23.3 Å². The summed E-state index contributed by atoms with van der Waals surface area (Å²) >= 11 is 0. The Morgan fingerprint density at radius 3 is 2.54 bits per heavy atom. The first-order valence-corrected chi connectivity index (χ1v) is 4.35. The quantitative estimate of drug-likeness (QED) is 0.455. The molecule has 0 heterocycles. The van der Waals surface area contributed by atoms with Gasteiger partial charge in [-0.2, -0.15) is 0 Å². The molecule has 0 fully saturated rings. The maximum absolute atomic E-state index is 11.5. The summed E-state index contributed by atoms with van der Waals surface area (Å²) in [6.07, 6.45) is 4.56. The molecule has 0 saturated carbocycles. The monoisotopic (exact) mass is 178 g/mol. The van der Waals surface area contributed by atoms with Crippen molar-refractivity contribution in [3.8, 4) is 0 Å². The standard InChI is InChI=1S/C11H14O2/c1-8-6-11(2,3)7-10(13)9(8)4-5-12/h4-6H,7H2,1-3H3/b9-4+. The molecule has 1 rings (SSSR count). The van der Waals surface area contributed by atoms with Gasteiger partial charge in [0.15, 0.2) is 5.78 Å². The van der Waals surface area contributed by atoms with Crippen molar-refractivity contribution >= 4 is 12.1 Å². The molecular formula is C11H14O2. The Morgan fingerprint density at radius 1 is 1.46 bits per heavy atom. The van der Waals surface area contributed by atoms with Crippen LogP contribution in [0.25, 0.3) is 0 Å². The Kier molecular flexibility index (Phi) is 2.50. The van der Waals surface area contributed by atoms with Crippen LogP contribution in [0.5, 0.6) is 0 Å². The van der Waals surface area contributed by atoms with Crippen molar-refractivity contribution in [1.29, 1.82) is 0 Å². The lowest BCUT2D eigenvalue weighted by Gasteiger charge is -2.26. The van der Waals surface area contributed by atoms with Gasteiger partial charge in [0.05, 0.1) is 0 Å². The Bertz CT molecular complexity index is 306. The molecule has 2 heteroatoms. The third kappa shape index (κ3) is 2.14.